The lowest BCUT2D eigenvalue weighted by Gasteiger charge is -2.11. The highest BCUT2D eigenvalue weighted by Gasteiger charge is 2.23. The molecule has 4 heteroatoms. The Morgan fingerprint density at radius 1 is 1.30 bits per heavy atom. The van der Waals surface area contributed by atoms with Crippen LogP contribution in [0.2, 0.25) is 0 Å². The van der Waals surface area contributed by atoms with Gasteiger partial charge in [-0.15, -0.1) is 0 Å². The minimum atomic E-state index is -0.00534. The van der Waals surface area contributed by atoms with Gasteiger partial charge in [-0.2, -0.15) is 0 Å². The van der Waals surface area contributed by atoms with Gasteiger partial charge in [-0.25, -0.2) is 0 Å². The molecule has 0 bridgehead atoms. The van der Waals surface area contributed by atoms with E-state index in [-0.39, 0.29) is 18.3 Å². The third-order valence-electron chi connectivity index (χ3n) is 3.58. The first-order valence-electron chi connectivity index (χ1n) is 6.66. The molecule has 0 radical (unpaired) electrons. The zero-order valence-corrected chi connectivity index (χ0v) is 12.6. The van der Waals surface area contributed by atoms with Crippen LogP contribution in [0.4, 0.5) is 0 Å². The summed E-state index contributed by atoms with van der Waals surface area (Å²) in [6.07, 6.45) is 0.807. The van der Waals surface area contributed by atoms with Gasteiger partial charge in [0.05, 0.1) is 11.1 Å². The maximum absolute atomic E-state index is 12.0. The molecule has 0 saturated carbocycles. The molecule has 3 rings (SSSR count). The topological polar surface area (TPSA) is 35.5 Å². The second-order valence-corrected chi connectivity index (χ2v) is 5.71. The molecule has 1 aliphatic rings. The third-order valence-corrected chi connectivity index (χ3v) is 4.40. The van der Waals surface area contributed by atoms with Crippen molar-refractivity contribution in [2.75, 3.05) is 19.8 Å². The van der Waals surface area contributed by atoms with Crippen molar-refractivity contribution in [3.05, 3.63) is 40.9 Å². The highest BCUT2D eigenvalue weighted by Crippen LogP contribution is 2.33. The summed E-state index contributed by atoms with van der Waals surface area (Å²) < 4.78 is 11.8. The minimum Gasteiger partial charge on any atom is -0.485 e. The number of benzene rings is 2. The number of carbonyl (C=O) groups is 1. The molecule has 0 N–H and O–H groups in total. The molecule has 0 aliphatic carbocycles. The zero-order chi connectivity index (χ0) is 13.9. The monoisotopic (exact) mass is 334 g/mol. The molecule has 1 saturated heterocycles. The highest BCUT2D eigenvalue weighted by molar-refractivity contribution is 9.10. The van der Waals surface area contributed by atoms with Crippen LogP contribution in [-0.2, 0) is 9.53 Å². The van der Waals surface area contributed by atoms with E-state index in [4.69, 9.17) is 9.47 Å². The third kappa shape index (κ3) is 2.72. The Hall–Kier alpha value is -1.39. The molecule has 1 heterocycles. The number of hydrogen-bond acceptors (Lipinski definition) is 3. The van der Waals surface area contributed by atoms with Crippen molar-refractivity contribution >= 4 is 32.5 Å². The summed E-state index contributed by atoms with van der Waals surface area (Å²) in [4.78, 5) is 12.0. The van der Waals surface area contributed by atoms with Gasteiger partial charge in [0, 0.05) is 12.5 Å². The maximum Gasteiger partial charge on any atom is 0.175 e. The number of ether oxygens (including phenoxy) is 2. The average Bonchev–Trinajstić information content (AvgIpc) is 3.01. The lowest BCUT2D eigenvalue weighted by Crippen LogP contribution is -2.21. The number of rotatable bonds is 4. The van der Waals surface area contributed by atoms with E-state index in [2.05, 4.69) is 15.9 Å². The predicted molar refractivity (Wildman–Crippen MR) is 81.1 cm³/mol. The van der Waals surface area contributed by atoms with Gasteiger partial charge in [0.25, 0.3) is 0 Å². The molecule has 1 atom stereocenters. The molecule has 2 aromatic rings. The lowest BCUT2D eigenvalue weighted by molar-refractivity contribution is -0.124. The van der Waals surface area contributed by atoms with Crippen molar-refractivity contribution in [3.63, 3.8) is 0 Å². The van der Waals surface area contributed by atoms with Gasteiger partial charge in [-0.3, -0.25) is 4.79 Å². The molecule has 3 nitrogen and oxygen atoms in total. The number of halogens is 1. The van der Waals surface area contributed by atoms with Crippen LogP contribution in [0.25, 0.3) is 10.8 Å². The second kappa shape index (κ2) is 5.94. The number of carbonyl (C=O) groups excluding carboxylic acids is 1. The summed E-state index contributed by atoms with van der Waals surface area (Å²) in [6.45, 7) is 1.31. The lowest BCUT2D eigenvalue weighted by atomic mass is 10.0. The van der Waals surface area contributed by atoms with Gasteiger partial charge >= 0.3 is 0 Å². The summed E-state index contributed by atoms with van der Waals surface area (Å²) in [7, 11) is 0. The van der Waals surface area contributed by atoms with Crippen LogP contribution in [0.1, 0.15) is 6.42 Å². The Morgan fingerprint density at radius 3 is 2.95 bits per heavy atom. The maximum atomic E-state index is 12.0. The molecule has 0 amide bonds. The Labute approximate surface area is 126 Å². The number of fused-ring (bicyclic) bond motifs is 1. The fourth-order valence-corrected chi connectivity index (χ4v) is 2.99. The first-order valence-corrected chi connectivity index (χ1v) is 7.45. The van der Waals surface area contributed by atoms with Crippen LogP contribution >= 0.6 is 15.9 Å². The summed E-state index contributed by atoms with van der Waals surface area (Å²) in [5, 5.41) is 2.23. The Balaban J connectivity index is 1.74. The normalized spacial score (nSPS) is 18.4. The largest absolute Gasteiger partial charge is 0.485 e. The standard InChI is InChI=1S/C16H15BrO3/c17-16-13-4-2-1-3-11(13)5-6-15(16)20-10-14(18)12-7-8-19-9-12/h1-6,12H,7-10H2. The van der Waals surface area contributed by atoms with Gasteiger partial charge in [-0.1, -0.05) is 30.3 Å². The highest BCUT2D eigenvalue weighted by atomic mass is 79.9. The first kappa shape index (κ1) is 13.6. The smallest absolute Gasteiger partial charge is 0.175 e. The Bertz CT molecular complexity index is 633. The molecule has 2 aromatic carbocycles. The summed E-state index contributed by atoms with van der Waals surface area (Å²) in [6, 6.07) is 11.9. The Morgan fingerprint density at radius 2 is 2.15 bits per heavy atom. The van der Waals surface area contributed by atoms with Gasteiger partial charge in [0.1, 0.15) is 12.4 Å². The van der Waals surface area contributed by atoms with Gasteiger partial charge in [-0.05, 0) is 39.2 Å². The summed E-state index contributed by atoms with van der Waals surface area (Å²) >= 11 is 3.55. The van der Waals surface area contributed by atoms with Crippen LogP contribution < -0.4 is 4.74 Å². The fraction of sp³-hybridized carbons (Fsp3) is 0.312. The van der Waals surface area contributed by atoms with E-state index in [0.29, 0.717) is 19.0 Å². The average molecular weight is 335 g/mol. The zero-order valence-electron chi connectivity index (χ0n) is 11.0. The van der Waals surface area contributed by atoms with E-state index in [9.17, 15) is 4.79 Å². The van der Waals surface area contributed by atoms with Crippen molar-refractivity contribution < 1.29 is 14.3 Å². The molecular formula is C16H15BrO3. The van der Waals surface area contributed by atoms with E-state index in [1.807, 2.05) is 36.4 Å². The molecule has 0 spiro atoms. The van der Waals surface area contributed by atoms with Crippen molar-refractivity contribution in [2.24, 2.45) is 5.92 Å². The minimum absolute atomic E-state index is 0.00534. The molecule has 1 fully saturated rings. The van der Waals surface area contributed by atoms with Gasteiger partial charge < -0.3 is 9.47 Å². The first-order chi connectivity index (χ1) is 9.75. The van der Waals surface area contributed by atoms with Crippen molar-refractivity contribution in [2.45, 2.75) is 6.42 Å². The number of Topliss-reactive ketones (excluding diaryl/α,β-unsaturated/α-hetero) is 1. The van der Waals surface area contributed by atoms with Crippen LogP contribution in [0.15, 0.2) is 40.9 Å². The predicted octanol–water partition coefficient (Wildman–Crippen LogP) is 3.59. The van der Waals surface area contributed by atoms with Crippen molar-refractivity contribution in [1.29, 1.82) is 0 Å². The van der Waals surface area contributed by atoms with E-state index in [0.717, 1.165) is 21.7 Å². The van der Waals surface area contributed by atoms with Crippen molar-refractivity contribution in [3.8, 4) is 5.75 Å². The van der Waals surface area contributed by atoms with E-state index < -0.39 is 0 Å². The van der Waals surface area contributed by atoms with E-state index in [1.165, 1.54) is 0 Å². The van der Waals surface area contributed by atoms with E-state index in [1.54, 1.807) is 0 Å². The molecular weight excluding hydrogens is 320 g/mol. The molecule has 1 aliphatic heterocycles. The van der Waals surface area contributed by atoms with Crippen LogP contribution in [0.3, 0.4) is 0 Å². The van der Waals surface area contributed by atoms with E-state index >= 15 is 0 Å². The SMILES string of the molecule is O=C(COc1ccc2ccccc2c1Br)C1CCOC1. The quantitative estimate of drug-likeness (QED) is 0.857. The number of hydrogen-bond donors (Lipinski definition) is 0. The summed E-state index contributed by atoms with van der Waals surface area (Å²) in [5.41, 5.74) is 0. The molecule has 104 valence electrons. The van der Waals surface area contributed by atoms with Gasteiger partial charge in [0.15, 0.2) is 5.78 Å². The molecule has 20 heavy (non-hydrogen) atoms. The number of ketones is 1. The fourth-order valence-electron chi connectivity index (χ4n) is 2.38. The summed E-state index contributed by atoms with van der Waals surface area (Å²) in [5.74, 6) is 0.813. The van der Waals surface area contributed by atoms with Crippen molar-refractivity contribution in [1.82, 2.24) is 0 Å². The van der Waals surface area contributed by atoms with Crippen LogP contribution in [0, 0.1) is 5.92 Å². The van der Waals surface area contributed by atoms with Crippen LogP contribution in [0.5, 0.6) is 5.75 Å². The Kier molecular flexibility index (Phi) is 4.03. The van der Waals surface area contributed by atoms with Crippen LogP contribution in [-0.4, -0.2) is 25.6 Å². The molecule has 1 unspecified atom stereocenters. The second-order valence-electron chi connectivity index (χ2n) is 4.91. The van der Waals surface area contributed by atoms with Gasteiger partial charge in [0.2, 0.25) is 0 Å². The molecule has 0 aromatic heterocycles.